The minimum Gasteiger partial charge on any atom is -0.484 e. The van der Waals surface area contributed by atoms with Crippen molar-refractivity contribution in [3.63, 3.8) is 0 Å². The molecule has 0 atom stereocenters. The molecular formula is C22H17N5O7. The number of nitrogens with one attached hydrogen (secondary N) is 2. The summed E-state index contributed by atoms with van der Waals surface area (Å²) in [6.07, 6.45) is 1.34. The van der Waals surface area contributed by atoms with Gasteiger partial charge in [0.1, 0.15) is 11.3 Å². The van der Waals surface area contributed by atoms with E-state index in [1.165, 1.54) is 54.7 Å². The van der Waals surface area contributed by atoms with Gasteiger partial charge in [0, 0.05) is 23.9 Å². The largest absolute Gasteiger partial charge is 0.484 e. The highest BCUT2D eigenvalue weighted by molar-refractivity contribution is 5.98. The summed E-state index contributed by atoms with van der Waals surface area (Å²) in [5.74, 6) is -0.836. The first-order chi connectivity index (χ1) is 16.3. The van der Waals surface area contributed by atoms with E-state index in [-0.39, 0.29) is 29.2 Å². The number of hydrazone groups is 1. The van der Waals surface area contributed by atoms with Crippen molar-refractivity contribution in [2.45, 2.75) is 0 Å². The van der Waals surface area contributed by atoms with Gasteiger partial charge in [0.05, 0.1) is 16.1 Å². The zero-order valence-corrected chi connectivity index (χ0v) is 17.4. The van der Waals surface area contributed by atoms with Gasteiger partial charge in [-0.3, -0.25) is 29.8 Å². The third-order valence-corrected chi connectivity index (χ3v) is 4.32. The highest BCUT2D eigenvalue weighted by atomic mass is 16.6. The number of ether oxygens (including phenoxy) is 1. The Balaban J connectivity index is 1.50. The van der Waals surface area contributed by atoms with Crippen LogP contribution < -0.4 is 15.5 Å². The van der Waals surface area contributed by atoms with Crippen LogP contribution in [-0.4, -0.2) is 34.5 Å². The van der Waals surface area contributed by atoms with Gasteiger partial charge in [-0.05, 0) is 42.0 Å². The van der Waals surface area contributed by atoms with Crippen molar-refractivity contribution in [3.8, 4) is 5.75 Å². The topological polar surface area (TPSA) is 166 Å². The van der Waals surface area contributed by atoms with E-state index in [4.69, 9.17) is 4.74 Å². The molecule has 34 heavy (non-hydrogen) atoms. The number of carbonyl (C=O) groups is 2. The molecule has 0 saturated carbocycles. The molecule has 3 rings (SSSR count). The number of hydrogen-bond donors (Lipinski definition) is 2. The lowest BCUT2D eigenvalue weighted by Gasteiger charge is -2.07. The van der Waals surface area contributed by atoms with E-state index in [1.54, 1.807) is 24.3 Å². The van der Waals surface area contributed by atoms with Gasteiger partial charge in [-0.25, -0.2) is 5.43 Å². The van der Waals surface area contributed by atoms with E-state index in [0.29, 0.717) is 11.3 Å². The number of rotatable bonds is 9. The maximum atomic E-state index is 12.1. The van der Waals surface area contributed by atoms with Crippen LogP contribution in [0.4, 0.5) is 17.1 Å². The molecule has 2 N–H and O–H groups in total. The standard InChI is InChI=1S/C22H17N5O7/c28-21(24-16-4-3-5-17(12-16)26(30)31)14-34-18-10-8-15(9-11-18)13-23-25-22(29)19-6-1-2-7-20(19)27(32)33/h1-13H,14H2,(H,24,28)(H,25,29)/b23-13-. The van der Waals surface area contributed by atoms with Crippen LogP contribution in [0.1, 0.15) is 15.9 Å². The summed E-state index contributed by atoms with van der Waals surface area (Å²) < 4.78 is 5.38. The molecule has 2 amide bonds. The second kappa shape index (κ2) is 10.9. The normalized spacial score (nSPS) is 10.5. The minimum atomic E-state index is -0.724. The van der Waals surface area contributed by atoms with Gasteiger partial charge >= 0.3 is 0 Å². The Labute approximate surface area is 192 Å². The molecule has 0 spiro atoms. The monoisotopic (exact) mass is 463 g/mol. The van der Waals surface area contributed by atoms with E-state index in [1.807, 2.05) is 0 Å². The average Bonchev–Trinajstić information content (AvgIpc) is 2.83. The average molecular weight is 463 g/mol. The molecule has 0 fully saturated rings. The molecule has 0 radical (unpaired) electrons. The van der Waals surface area contributed by atoms with Crippen LogP contribution in [0.2, 0.25) is 0 Å². The van der Waals surface area contributed by atoms with Gasteiger partial charge in [0.25, 0.3) is 23.2 Å². The Morgan fingerprint density at radius 3 is 2.38 bits per heavy atom. The molecular weight excluding hydrogens is 446 g/mol. The first kappa shape index (κ1) is 23.5. The summed E-state index contributed by atoms with van der Waals surface area (Å²) >= 11 is 0. The van der Waals surface area contributed by atoms with Gasteiger partial charge in [0.2, 0.25) is 0 Å². The van der Waals surface area contributed by atoms with Crippen molar-refractivity contribution >= 4 is 35.1 Å². The number of amides is 2. The van der Waals surface area contributed by atoms with E-state index in [0.717, 1.165) is 0 Å². The molecule has 0 unspecified atom stereocenters. The lowest BCUT2D eigenvalue weighted by Crippen LogP contribution is -2.20. The highest BCUT2D eigenvalue weighted by Crippen LogP contribution is 2.18. The summed E-state index contributed by atoms with van der Waals surface area (Å²) in [5.41, 5.74) is 2.51. The molecule has 0 aliphatic rings. The fraction of sp³-hybridized carbons (Fsp3) is 0.0455. The van der Waals surface area contributed by atoms with E-state index in [9.17, 15) is 29.8 Å². The summed E-state index contributed by atoms with van der Waals surface area (Å²) in [4.78, 5) is 44.7. The number of benzene rings is 3. The Morgan fingerprint density at radius 2 is 1.68 bits per heavy atom. The van der Waals surface area contributed by atoms with Crippen molar-refractivity contribution in [2.24, 2.45) is 5.10 Å². The second-order valence-corrected chi connectivity index (χ2v) is 6.69. The predicted octanol–water partition coefficient (Wildman–Crippen LogP) is 3.28. The fourth-order valence-electron chi connectivity index (χ4n) is 2.74. The zero-order chi connectivity index (χ0) is 24.5. The van der Waals surface area contributed by atoms with Crippen LogP contribution in [0.15, 0.2) is 77.9 Å². The lowest BCUT2D eigenvalue weighted by atomic mass is 10.2. The molecule has 0 bridgehead atoms. The maximum absolute atomic E-state index is 12.1. The van der Waals surface area contributed by atoms with Gasteiger partial charge in [-0.1, -0.05) is 18.2 Å². The fourth-order valence-corrected chi connectivity index (χ4v) is 2.74. The highest BCUT2D eigenvalue weighted by Gasteiger charge is 2.18. The number of nitrogens with zero attached hydrogens (tertiary/aromatic N) is 3. The number of non-ortho nitro benzene ring substituents is 1. The number of hydrogen-bond acceptors (Lipinski definition) is 8. The van der Waals surface area contributed by atoms with Gasteiger partial charge in [-0.2, -0.15) is 5.10 Å². The van der Waals surface area contributed by atoms with Crippen LogP contribution in [-0.2, 0) is 4.79 Å². The predicted molar refractivity (Wildman–Crippen MR) is 122 cm³/mol. The minimum absolute atomic E-state index is 0.114. The Bertz CT molecular complexity index is 1260. The number of nitro benzene ring substituents is 2. The summed E-state index contributed by atoms with van der Waals surface area (Å²) in [6.45, 7) is -0.317. The molecule has 0 heterocycles. The van der Waals surface area contributed by atoms with Crippen LogP contribution in [0, 0.1) is 20.2 Å². The van der Waals surface area contributed by atoms with Gasteiger partial charge in [0.15, 0.2) is 6.61 Å². The summed E-state index contributed by atoms with van der Waals surface area (Å²) in [7, 11) is 0. The molecule has 3 aromatic rings. The van der Waals surface area contributed by atoms with Crippen LogP contribution in [0.3, 0.4) is 0 Å². The van der Waals surface area contributed by atoms with Crippen LogP contribution >= 0.6 is 0 Å². The van der Waals surface area contributed by atoms with E-state index in [2.05, 4.69) is 15.8 Å². The summed E-state index contributed by atoms with van der Waals surface area (Å²) in [5, 5.41) is 28.1. The molecule has 12 nitrogen and oxygen atoms in total. The van der Waals surface area contributed by atoms with E-state index < -0.39 is 21.7 Å². The molecule has 0 aliphatic carbocycles. The molecule has 12 heteroatoms. The third kappa shape index (κ3) is 6.43. The summed E-state index contributed by atoms with van der Waals surface area (Å²) in [6, 6.07) is 17.4. The van der Waals surface area contributed by atoms with Crippen molar-refractivity contribution in [2.75, 3.05) is 11.9 Å². The SMILES string of the molecule is O=C(COc1ccc(/C=N\NC(=O)c2ccccc2[N+](=O)[O-])cc1)Nc1cccc([N+](=O)[O-])c1. The number of carbonyl (C=O) groups excluding carboxylic acids is 2. The van der Waals surface area contributed by atoms with E-state index >= 15 is 0 Å². The van der Waals surface area contributed by atoms with Gasteiger partial charge < -0.3 is 10.1 Å². The number of anilines is 1. The Morgan fingerprint density at radius 1 is 0.941 bits per heavy atom. The van der Waals surface area contributed by atoms with Gasteiger partial charge in [-0.15, -0.1) is 0 Å². The Hall–Kier alpha value is -5.13. The Kier molecular flexibility index (Phi) is 7.58. The van der Waals surface area contributed by atoms with Crippen molar-refractivity contribution in [1.29, 1.82) is 0 Å². The molecule has 3 aromatic carbocycles. The first-order valence-corrected chi connectivity index (χ1v) is 9.67. The van der Waals surface area contributed by atoms with Crippen molar-refractivity contribution < 1.29 is 24.2 Å². The smallest absolute Gasteiger partial charge is 0.282 e. The molecule has 0 aliphatic heterocycles. The van der Waals surface area contributed by atoms with Crippen molar-refractivity contribution in [3.05, 3.63) is 104 Å². The lowest BCUT2D eigenvalue weighted by molar-refractivity contribution is -0.385. The first-order valence-electron chi connectivity index (χ1n) is 9.67. The molecule has 0 saturated heterocycles. The maximum Gasteiger partial charge on any atom is 0.282 e. The molecule has 172 valence electrons. The molecule has 0 aromatic heterocycles. The quantitative estimate of drug-likeness (QED) is 0.279. The van der Waals surface area contributed by atoms with Crippen molar-refractivity contribution in [1.82, 2.24) is 5.43 Å². The van der Waals surface area contributed by atoms with Crippen LogP contribution in [0.25, 0.3) is 0 Å². The number of para-hydroxylation sites is 1. The van der Waals surface area contributed by atoms with Crippen LogP contribution in [0.5, 0.6) is 5.75 Å². The number of nitro groups is 2. The second-order valence-electron chi connectivity index (χ2n) is 6.69. The zero-order valence-electron chi connectivity index (χ0n) is 17.4. The third-order valence-electron chi connectivity index (χ3n) is 4.32.